The molecule has 26 heavy (non-hydrogen) atoms. The molecule has 4 N–H and O–H groups in total. The van der Waals surface area contributed by atoms with Gasteiger partial charge < -0.3 is 16.0 Å². The standard InChI is InChI=1S/C21H23N5/c1-4-22-18-11-6-5-7-12-19(18)23-13-21-20(14-24-26-21)25-16(3)17-10-8-9-15(17)2/h1,5-9,11,14,22-23,25H,3,10,12-13H2,2H3,(H,24,26). The van der Waals surface area contributed by atoms with E-state index in [1.54, 1.807) is 6.20 Å². The maximum absolute atomic E-state index is 5.39. The van der Waals surface area contributed by atoms with Crippen LogP contribution < -0.4 is 16.0 Å². The lowest BCUT2D eigenvalue weighted by molar-refractivity contribution is 0.749. The average Bonchev–Trinajstić information content (AvgIpc) is 3.19. The van der Waals surface area contributed by atoms with Crippen molar-refractivity contribution in [2.75, 3.05) is 5.32 Å². The van der Waals surface area contributed by atoms with Crippen LogP contribution in [0, 0.1) is 12.5 Å². The van der Waals surface area contributed by atoms with Crippen LogP contribution in [0.15, 0.2) is 77.5 Å². The van der Waals surface area contributed by atoms with E-state index in [-0.39, 0.29) is 0 Å². The fourth-order valence-electron chi connectivity index (χ4n) is 2.95. The van der Waals surface area contributed by atoms with Gasteiger partial charge in [0.25, 0.3) is 0 Å². The van der Waals surface area contributed by atoms with E-state index in [4.69, 9.17) is 6.42 Å². The van der Waals surface area contributed by atoms with Crippen molar-refractivity contribution >= 4 is 5.69 Å². The number of anilines is 1. The van der Waals surface area contributed by atoms with E-state index in [1.165, 1.54) is 11.1 Å². The molecular weight excluding hydrogens is 322 g/mol. The first-order valence-electron chi connectivity index (χ1n) is 8.55. The summed E-state index contributed by atoms with van der Waals surface area (Å²) in [5.74, 6) is 0. The first-order chi connectivity index (χ1) is 12.7. The molecule has 3 rings (SSSR count). The minimum atomic E-state index is 0.596. The third-order valence-corrected chi connectivity index (χ3v) is 4.38. The topological polar surface area (TPSA) is 64.8 Å². The van der Waals surface area contributed by atoms with E-state index in [1.807, 2.05) is 18.2 Å². The Morgan fingerprint density at radius 1 is 1.31 bits per heavy atom. The number of rotatable bonds is 7. The zero-order valence-corrected chi connectivity index (χ0v) is 14.9. The summed E-state index contributed by atoms with van der Waals surface area (Å²) in [6, 6.07) is 2.48. The SMILES string of the molecule is C#CNC1=C(NCc2[nH]ncc2NC(=C)C2=C(C)C=CC2)CC=CC=C1. The number of aromatic nitrogens is 2. The number of hydrogen-bond acceptors (Lipinski definition) is 4. The summed E-state index contributed by atoms with van der Waals surface area (Å²) in [4.78, 5) is 0. The van der Waals surface area contributed by atoms with Gasteiger partial charge in [-0.3, -0.25) is 5.10 Å². The highest BCUT2D eigenvalue weighted by molar-refractivity contribution is 5.57. The van der Waals surface area contributed by atoms with Crippen molar-refractivity contribution < 1.29 is 0 Å². The van der Waals surface area contributed by atoms with Crippen molar-refractivity contribution in [2.45, 2.75) is 26.3 Å². The third-order valence-electron chi connectivity index (χ3n) is 4.38. The minimum Gasteiger partial charge on any atom is -0.381 e. The summed E-state index contributed by atoms with van der Waals surface area (Å²) in [6.07, 6.45) is 21.1. The Bertz CT molecular complexity index is 884. The summed E-state index contributed by atoms with van der Waals surface area (Å²) < 4.78 is 0. The highest BCUT2D eigenvalue weighted by Gasteiger charge is 2.13. The molecule has 0 amide bonds. The fourth-order valence-corrected chi connectivity index (χ4v) is 2.95. The lowest BCUT2D eigenvalue weighted by Gasteiger charge is -2.15. The minimum absolute atomic E-state index is 0.596. The zero-order chi connectivity index (χ0) is 18.4. The quantitative estimate of drug-likeness (QED) is 0.450. The van der Waals surface area contributed by atoms with Gasteiger partial charge in [-0.2, -0.15) is 5.10 Å². The van der Waals surface area contributed by atoms with E-state index in [0.717, 1.165) is 41.3 Å². The Morgan fingerprint density at radius 3 is 2.96 bits per heavy atom. The van der Waals surface area contributed by atoms with Gasteiger partial charge in [0, 0.05) is 23.9 Å². The lowest BCUT2D eigenvalue weighted by atomic mass is 10.1. The molecular formula is C21H23N5. The van der Waals surface area contributed by atoms with Crippen molar-refractivity contribution in [2.24, 2.45) is 0 Å². The third kappa shape index (κ3) is 3.98. The van der Waals surface area contributed by atoms with Crippen LogP contribution in [-0.4, -0.2) is 10.2 Å². The molecule has 0 saturated carbocycles. The van der Waals surface area contributed by atoms with Crippen LogP contribution in [0.1, 0.15) is 25.5 Å². The molecule has 1 heterocycles. The van der Waals surface area contributed by atoms with Gasteiger partial charge in [0.05, 0.1) is 29.8 Å². The molecule has 5 nitrogen and oxygen atoms in total. The van der Waals surface area contributed by atoms with Crippen LogP contribution in [0.25, 0.3) is 0 Å². The van der Waals surface area contributed by atoms with Crippen molar-refractivity contribution in [3.63, 3.8) is 0 Å². The first-order valence-corrected chi connectivity index (χ1v) is 8.55. The lowest BCUT2D eigenvalue weighted by Crippen LogP contribution is -2.19. The number of H-pyrrole nitrogens is 1. The number of aromatic amines is 1. The van der Waals surface area contributed by atoms with E-state index in [0.29, 0.717) is 6.54 Å². The normalized spacial score (nSPS) is 15.8. The van der Waals surface area contributed by atoms with Gasteiger partial charge in [-0.1, -0.05) is 43.4 Å². The molecule has 2 aliphatic carbocycles. The monoisotopic (exact) mass is 345 g/mol. The molecule has 2 aliphatic rings. The van der Waals surface area contributed by atoms with Crippen molar-refractivity contribution in [3.05, 3.63) is 83.2 Å². The molecule has 0 radical (unpaired) electrons. The molecule has 0 atom stereocenters. The van der Waals surface area contributed by atoms with Crippen LogP contribution in [0.4, 0.5) is 5.69 Å². The molecule has 132 valence electrons. The van der Waals surface area contributed by atoms with Crippen LogP contribution in [0.5, 0.6) is 0 Å². The summed E-state index contributed by atoms with van der Waals surface area (Å²) in [5.41, 5.74) is 7.19. The molecule has 5 heteroatoms. The summed E-state index contributed by atoms with van der Waals surface area (Å²) in [5, 5.41) is 17.0. The summed E-state index contributed by atoms with van der Waals surface area (Å²) >= 11 is 0. The van der Waals surface area contributed by atoms with Crippen molar-refractivity contribution in [3.8, 4) is 12.5 Å². The van der Waals surface area contributed by atoms with Gasteiger partial charge in [-0.25, -0.2) is 0 Å². The van der Waals surface area contributed by atoms with Gasteiger partial charge >= 0.3 is 0 Å². The second-order valence-electron chi connectivity index (χ2n) is 6.14. The van der Waals surface area contributed by atoms with Gasteiger partial charge in [0.1, 0.15) is 0 Å². The second-order valence-corrected chi connectivity index (χ2v) is 6.14. The Labute approximate surface area is 154 Å². The number of allylic oxidation sites excluding steroid dienone is 8. The van der Waals surface area contributed by atoms with Gasteiger partial charge in [0.15, 0.2) is 0 Å². The molecule has 1 aromatic heterocycles. The Morgan fingerprint density at radius 2 is 2.19 bits per heavy atom. The Kier molecular flexibility index (Phi) is 5.45. The number of nitrogens with zero attached hydrogens (tertiary/aromatic N) is 1. The molecule has 0 bridgehead atoms. The highest BCUT2D eigenvalue weighted by Crippen LogP contribution is 2.26. The molecule has 0 saturated heterocycles. The van der Waals surface area contributed by atoms with Crippen LogP contribution >= 0.6 is 0 Å². The van der Waals surface area contributed by atoms with Gasteiger partial charge in [-0.05, 0) is 30.6 Å². The number of nitrogens with one attached hydrogen (secondary N) is 4. The van der Waals surface area contributed by atoms with E-state index in [9.17, 15) is 0 Å². The molecule has 0 unspecified atom stereocenters. The maximum atomic E-state index is 5.39. The van der Waals surface area contributed by atoms with Crippen LogP contribution in [0.2, 0.25) is 0 Å². The number of hydrogen-bond donors (Lipinski definition) is 4. The first kappa shape index (κ1) is 17.4. The van der Waals surface area contributed by atoms with E-state index in [2.05, 4.69) is 63.9 Å². The average molecular weight is 345 g/mol. The molecule has 0 spiro atoms. The molecule has 0 fully saturated rings. The summed E-state index contributed by atoms with van der Waals surface area (Å²) in [7, 11) is 0. The van der Waals surface area contributed by atoms with Crippen molar-refractivity contribution in [1.29, 1.82) is 0 Å². The van der Waals surface area contributed by atoms with Gasteiger partial charge in [0.2, 0.25) is 0 Å². The molecule has 0 aliphatic heterocycles. The Hall–Kier alpha value is -3.39. The largest absolute Gasteiger partial charge is 0.381 e. The van der Waals surface area contributed by atoms with Crippen LogP contribution in [0.3, 0.4) is 0 Å². The molecule has 1 aromatic rings. The smallest absolute Gasteiger partial charge is 0.0818 e. The van der Waals surface area contributed by atoms with Gasteiger partial charge in [-0.15, -0.1) is 0 Å². The van der Waals surface area contributed by atoms with E-state index < -0.39 is 0 Å². The van der Waals surface area contributed by atoms with Crippen molar-refractivity contribution in [1.82, 2.24) is 20.8 Å². The Balaban J connectivity index is 1.68. The number of terminal acetylenes is 1. The predicted octanol–water partition coefficient (Wildman–Crippen LogP) is 3.61. The molecule has 0 aromatic carbocycles. The second kappa shape index (κ2) is 8.13. The maximum Gasteiger partial charge on any atom is 0.0818 e. The highest BCUT2D eigenvalue weighted by atomic mass is 15.2. The summed E-state index contributed by atoms with van der Waals surface area (Å²) in [6.45, 7) is 6.87. The fraction of sp³-hybridized carbons (Fsp3) is 0.190. The van der Waals surface area contributed by atoms with E-state index >= 15 is 0 Å². The predicted molar refractivity (Wildman–Crippen MR) is 107 cm³/mol. The van der Waals surface area contributed by atoms with Crippen LogP contribution in [-0.2, 0) is 6.54 Å². The zero-order valence-electron chi connectivity index (χ0n) is 14.9.